The van der Waals surface area contributed by atoms with E-state index in [0.717, 1.165) is 12.8 Å². The lowest BCUT2D eigenvalue weighted by Crippen LogP contribution is -2.25. The Hall–Kier alpha value is -1.66. The highest BCUT2D eigenvalue weighted by molar-refractivity contribution is 5.93. The lowest BCUT2D eigenvalue weighted by atomic mass is 10.2. The molecule has 1 aromatic rings. The molecule has 19 heavy (non-hydrogen) atoms. The second-order valence-electron chi connectivity index (χ2n) is 4.01. The Kier molecular flexibility index (Phi) is 7.53. The van der Waals surface area contributed by atoms with Gasteiger partial charge in [-0.2, -0.15) is 0 Å². The number of H-pyrrole nitrogens is 1. The number of hydrogen-bond acceptors (Lipinski definition) is 4. The van der Waals surface area contributed by atoms with Crippen molar-refractivity contribution < 1.29 is 14.3 Å². The first-order chi connectivity index (χ1) is 9.24. The standard InChI is InChI=1S/C13H20N2O4/c1-18-8-9-19-7-3-2-6-14-13(17)11-4-5-12(16)15-10-11/h4-5,10H,2-3,6-9H2,1H3,(H,14,17)(H,15,16). The summed E-state index contributed by atoms with van der Waals surface area (Å²) in [6.07, 6.45) is 3.14. The number of ether oxygens (including phenoxy) is 2. The molecule has 0 aliphatic heterocycles. The molecule has 1 aromatic heterocycles. The number of unbranched alkanes of at least 4 members (excludes halogenated alkanes) is 1. The van der Waals surface area contributed by atoms with E-state index in [9.17, 15) is 9.59 Å². The molecular formula is C13H20N2O4. The van der Waals surface area contributed by atoms with Crippen LogP contribution in [0.1, 0.15) is 23.2 Å². The number of carbonyl (C=O) groups excluding carboxylic acids is 1. The van der Waals surface area contributed by atoms with Gasteiger partial charge in [-0.25, -0.2) is 0 Å². The van der Waals surface area contributed by atoms with Crippen molar-refractivity contribution in [3.63, 3.8) is 0 Å². The van der Waals surface area contributed by atoms with Crippen molar-refractivity contribution in [2.24, 2.45) is 0 Å². The Bertz CT molecular complexity index is 410. The number of pyridine rings is 1. The van der Waals surface area contributed by atoms with E-state index in [-0.39, 0.29) is 11.5 Å². The van der Waals surface area contributed by atoms with Gasteiger partial charge < -0.3 is 19.8 Å². The number of aromatic amines is 1. The molecule has 0 saturated carbocycles. The summed E-state index contributed by atoms with van der Waals surface area (Å²) < 4.78 is 10.2. The van der Waals surface area contributed by atoms with Gasteiger partial charge in [-0.15, -0.1) is 0 Å². The summed E-state index contributed by atoms with van der Waals surface area (Å²) in [6.45, 7) is 2.45. The molecule has 0 fully saturated rings. The van der Waals surface area contributed by atoms with Crippen molar-refractivity contribution in [1.82, 2.24) is 10.3 Å². The number of aromatic nitrogens is 1. The smallest absolute Gasteiger partial charge is 0.252 e. The van der Waals surface area contributed by atoms with Gasteiger partial charge in [0.2, 0.25) is 5.56 Å². The monoisotopic (exact) mass is 268 g/mol. The fourth-order valence-corrected chi connectivity index (χ4v) is 1.43. The van der Waals surface area contributed by atoms with E-state index in [1.165, 1.54) is 18.3 Å². The molecular weight excluding hydrogens is 248 g/mol. The zero-order valence-corrected chi connectivity index (χ0v) is 11.1. The van der Waals surface area contributed by atoms with Crippen LogP contribution in [0.25, 0.3) is 0 Å². The minimum atomic E-state index is -0.218. The van der Waals surface area contributed by atoms with Crippen LogP contribution in [-0.4, -0.2) is 44.4 Å². The highest BCUT2D eigenvalue weighted by Crippen LogP contribution is 1.94. The maximum Gasteiger partial charge on any atom is 0.252 e. The van der Waals surface area contributed by atoms with E-state index in [1.807, 2.05) is 0 Å². The number of methoxy groups -OCH3 is 1. The van der Waals surface area contributed by atoms with E-state index in [1.54, 1.807) is 7.11 Å². The van der Waals surface area contributed by atoms with Gasteiger partial charge in [0.15, 0.2) is 0 Å². The maximum absolute atomic E-state index is 11.6. The first kappa shape index (κ1) is 15.4. The molecule has 0 aromatic carbocycles. The number of amides is 1. The Balaban J connectivity index is 2.07. The molecule has 0 unspecified atom stereocenters. The van der Waals surface area contributed by atoms with Crippen molar-refractivity contribution in [3.8, 4) is 0 Å². The summed E-state index contributed by atoms with van der Waals surface area (Å²) in [5.41, 5.74) is 0.237. The van der Waals surface area contributed by atoms with Crippen molar-refractivity contribution >= 4 is 5.91 Å². The van der Waals surface area contributed by atoms with Gasteiger partial charge in [-0.05, 0) is 18.9 Å². The van der Waals surface area contributed by atoms with Crippen LogP contribution in [0.4, 0.5) is 0 Å². The van der Waals surface area contributed by atoms with Crippen LogP contribution in [0, 0.1) is 0 Å². The predicted molar refractivity (Wildman–Crippen MR) is 71.3 cm³/mol. The van der Waals surface area contributed by atoms with Crippen LogP contribution in [0.3, 0.4) is 0 Å². The van der Waals surface area contributed by atoms with Crippen LogP contribution in [0.15, 0.2) is 23.1 Å². The Morgan fingerprint density at radius 1 is 1.26 bits per heavy atom. The van der Waals surface area contributed by atoms with E-state index >= 15 is 0 Å². The summed E-state index contributed by atoms with van der Waals surface area (Å²) in [4.78, 5) is 25.0. The van der Waals surface area contributed by atoms with Crippen LogP contribution < -0.4 is 10.9 Å². The number of rotatable bonds is 9. The molecule has 0 aliphatic carbocycles. The minimum absolute atomic E-state index is 0.184. The summed E-state index contributed by atoms with van der Waals surface area (Å²) in [7, 11) is 1.63. The number of nitrogens with one attached hydrogen (secondary N) is 2. The first-order valence-corrected chi connectivity index (χ1v) is 6.27. The lowest BCUT2D eigenvalue weighted by Gasteiger charge is -2.05. The van der Waals surface area contributed by atoms with Crippen LogP contribution in [-0.2, 0) is 9.47 Å². The Labute approximate surface area is 112 Å². The highest BCUT2D eigenvalue weighted by atomic mass is 16.5. The Morgan fingerprint density at radius 3 is 2.79 bits per heavy atom. The van der Waals surface area contributed by atoms with E-state index in [0.29, 0.717) is 31.9 Å². The third-order valence-corrected chi connectivity index (χ3v) is 2.48. The minimum Gasteiger partial charge on any atom is -0.382 e. The van der Waals surface area contributed by atoms with Gasteiger partial charge in [0.25, 0.3) is 5.91 Å². The van der Waals surface area contributed by atoms with Gasteiger partial charge in [0.1, 0.15) is 0 Å². The van der Waals surface area contributed by atoms with Gasteiger partial charge in [-0.1, -0.05) is 0 Å². The largest absolute Gasteiger partial charge is 0.382 e. The maximum atomic E-state index is 11.6. The van der Waals surface area contributed by atoms with Crippen LogP contribution >= 0.6 is 0 Å². The molecule has 106 valence electrons. The molecule has 0 radical (unpaired) electrons. The van der Waals surface area contributed by atoms with Crippen LogP contribution in [0.2, 0.25) is 0 Å². The quantitative estimate of drug-likeness (QED) is 0.641. The lowest BCUT2D eigenvalue weighted by molar-refractivity contribution is 0.0686. The zero-order valence-electron chi connectivity index (χ0n) is 11.1. The van der Waals surface area contributed by atoms with Crippen molar-refractivity contribution in [1.29, 1.82) is 0 Å². The molecule has 1 amide bonds. The fourth-order valence-electron chi connectivity index (χ4n) is 1.43. The second kappa shape index (κ2) is 9.29. The Morgan fingerprint density at radius 2 is 2.11 bits per heavy atom. The van der Waals surface area contributed by atoms with Crippen molar-refractivity contribution in [2.75, 3.05) is 33.5 Å². The molecule has 6 heteroatoms. The third-order valence-electron chi connectivity index (χ3n) is 2.48. The van der Waals surface area contributed by atoms with Crippen molar-refractivity contribution in [3.05, 3.63) is 34.2 Å². The predicted octanol–water partition coefficient (Wildman–Crippen LogP) is 0.548. The molecule has 1 rings (SSSR count). The van der Waals surface area contributed by atoms with E-state index < -0.39 is 0 Å². The normalized spacial score (nSPS) is 10.4. The fraction of sp³-hybridized carbons (Fsp3) is 0.538. The van der Waals surface area contributed by atoms with E-state index in [4.69, 9.17) is 9.47 Å². The van der Waals surface area contributed by atoms with Gasteiger partial charge in [0, 0.05) is 32.5 Å². The van der Waals surface area contributed by atoms with Crippen LogP contribution in [0.5, 0.6) is 0 Å². The summed E-state index contributed by atoms with van der Waals surface area (Å²) in [5, 5.41) is 2.78. The summed E-state index contributed by atoms with van der Waals surface area (Å²) >= 11 is 0. The molecule has 0 spiro atoms. The topological polar surface area (TPSA) is 80.4 Å². The van der Waals surface area contributed by atoms with Gasteiger partial charge in [-0.3, -0.25) is 9.59 Å². The summed E-state index contributed by atoms with van der Waals surface area (Å²) in [6, 6.07) is 2.83. The number of carbonyl (C=O) groups is 1. The molecule has 0 saturated heterocycles. The molecule has 1 heterocycles. The molecule has 0 aliphatic rings. The molecule has 0 atom stereocenters. The first-order valence-electron chi connectivity index (χ1n) is 6.27. The molecule has 2 N–H and O–H groups in total. The van der Waals surface area contributed by atoms with Gasteiger partial charge in [0.05, 0.1) is 18.8 Å². The SMILES string of the molecule is COCCOCCCCNC(=O)c1ccc(=O)[nH]c1. The summed E-state index contributed by atoms with van der Waals surface area (Å²) in [5.74, 6) is -0.184. The average Bonchev–Trinajstić information content (AvgIpc) is 2.42. The van der Waals surface area contributed by atoms with Gasteiger partial charge >= 0.3 is 0 Å². The van der Waals surface area contributed by atoms with Crippen molar-refractivity contribution in [2.45, 2.75) is 12.8 Å². The molecule has 6 nitrogen and oxygen atoms in total. The third kappa shape index (κ3) is 6.73. The van der Waals surface area contributed by atoms with E-state index in [2.05, 4.69) is 10.3 Å². The molecule has 0 bridgehead atoms. The second-order valence-corrected chi connectivity index (χ2v) is 4.01. The average molecular weight is 268 g/mol. The highest BCUT2D eigenvalue weighted by Gasteiger charge is 2.03. The number of hydrogen-bond donors (Lipinski definition) is 2. The zero-order chi connectivity index (χ0) is 13.9.